The minimum atomic E-state index is -0.0615. The van der Waals surface area contributed by atoms with Crippen molar-refractivity contribution in [2.24, 2.45) is 0 Å². The van der Waals surface area contributed by atoms with Crippen LogP contribution in [0.15, 0.2) is 42.5 Å². The van der Waals surface area contributed by atoms with Crippen LogP contribution in [0, 0.1) is 0 Å². The molecule has 1 amide bonds. The number of fused-ring (bicyclic) bond motifs is 1. The Labute approximate surface area is 177 Å². The Morgan fingerprint density at radius 1 is 0.968 bits per heavy atom. The molecule has 10 heteroatoms. The molecule has 0 atom stereocenters. The maximum atomic E-state index is 12.9. The standard InChI is InChI=1S/C21H20N6O4/c22-20-23-18(13-2-1-3-15(28)10-13)24-21(25-20)27-8-6-26(7-9-27)19(29)14-4-5-16-17(11-14)31-12-30-16/h1-5,10-11,28H,6-9,12H2,(H2,22,23,24,25). The quantitative estimate of drug-likeness (QED) is 0.648. The molecule has 2 aliphatic heterocycles. The maximum absolute atomic E-state index is 12.9. The number of carbonyl (C=O) groups excluding carboxylic acids is 1. The van der Waals surface area contributed by atoms with Gasteiger partial charge in [-0.05, 0) is 30.3 Å². The molecule has 0 radical (unpaired) electrons. The first-order valence-electron chi connectivity index (χ1n) is 9.82. The average molecular weight is 420 g/mol. The number of aromatic nitrogens is 3. The molecule has 1 aromatic heterocycles. The van der Waals surface area contributed by atoms with E-state index in [9.17, 15) is 9.90 Å². The highest BCUT2D eigenvalue weighted by molar-refractivity contribution is 5.95. The molecule has 158 valence electrons. The summed E-state index contributed by atoms with van der Waals surface area (Å²) in [5.74, 6) is 2.23. The van der Waals surface area contributed by atoms with Crippen LogP contribution in [0.2, 0.25) is 0 Å². The Hall–Kier alpha value is -4.08. The minimum Gasteiger partial charge on any atom is -0.508 e. The van der Waals surface area contributed by atoms with E-state index in [2.05, 4.69) is 15.0 Å². The molecule has 1 saturated heterocycles. The molecule has 0 spiro atoms. The largest absolute Gasteiger partial charge is 0.508 e. The Kier molecular flexibility index (Phi) is 4.66. The summed E-state index contributed by atoms with van der Waals surface area (Å²) in [6, 6.07) is 11.9. The van der Waals surface area contributed by atoms with Gasteiger partial charge in [-0.15, -0.1) is 0 Å². The summed E-state index contributed by atoms with van der Waals surface area (Å²) in [5, 5.41) is 9.72. The zero-order chi connectivity index (χ0) is 21.4. The van der Waals surface area contributed by atoms with Crippen molar-refractivity contribution in [3.63, 3.8) is 0 Å². The van der Waals surface area contributed by atoms with Gasteiger partial charge in [0, 0.05) is 37.3 Å². The molecule has 31 heavy (non-hydrogen) atoms. The van der Waals surface area contributed by atoms with Gasteiger partial charge in [-0.25, -0.2) is 0 Å². The Morgan fingerprint density at radius 2 is 1.77 bits per heavy atom. The van der Waals surface area contributed by atoms with Crippen LogP contribution in [0.25, 0.3) is 11.4 Å². The third kappa shape index (κ3) is 3.75. The van der Waals surface area contributed by atoms with E-state index in [4.69, 9.17) is 15.2 Å². The molecule has 10 nitrogen and oxygen atoms in total. The van der Waals surface area contributed by atoms with Crippen molar-refractivity contribution in [2.45, 2.75) is 0 Å². The van der Waals surface area contributed by atoms with Crippen molar-refractivity contribution in [3.05, 3.63) is 48.0 Å². The lowest BCUT2D eigenvalue weighted by molar-refractivity contribution is 0.0745. The normalized spacial score (nSPS) is 15.2. The smallest absolute Gasteiger partial charge is 0.254 e. The van der Waals surface area contributed by atoms with E-state index in [-0.39, 0.29) is 24.4 Å². The Morgan fingerprint density at radius 3 is 2.58 bits per heavy atom. The molecule has 2 aromatic carbocycles. The van der Waals surface area contributed by atoms with Crippen LogP contribution in [0.3, 0.4) is 0 Å². The number of hydrogen-bond donors (Lipinski definition) is 2. The second-order valence-electron chi connectivity index (χ2n) is 7.21. The molecule has 0 aliphatic carbocycles. The summed E-state index contributed by atoms with van der Waals surface area (Å²) in [4.78, 5) is 29.6. The second-order valence-corrected chi connectivity index (χ2v) is 7.21. The number of aromatic hydroxyl groups is 1. The van der Waals surface area contributed by atoms with E-state index in [0.29, 0.717) is 60.6 Å². The molecular weight excluding hydrogens is 400 g/mol. The molecule has 0 unspecified atom stereocenters. The first kappa shape index (κ1) is 18.9. The summed E-state index contributed by atoms with van der Waals surface area (Å²) in [5.41, 5.74) is 7.11. The summed E-state index contributed by atoms with van der Waals surface area (Å²) in [6.45, 7) is 2.31. The fourth-order valence-corrected chi connectivity index (χ4v) is 3.62. The molecular formula is C21H20N6O4. The molecule has 3 N–H and O–H groups in total. The van der Waals surface area contributed by atoms with E-state index in [1.807, 2.05) is 4.90 Å². The van der Waals surface area contributed by atoms with Crippen molar-refractivity contribution in [1.82, 2.24) is 19.9 Å². The number of phenols is 1. The third-order valence-corrected chi connectivity index (χ3v) is 5.21. The molecule has 5 rings (SSSR count). The number of benzene rings is 2. The van der Waals surface area contributed by atoms with E-state index in [1.165, 1.54) is 0 Å². The lowest BCUT2D eigenvalue weighted by atomic mass is 10.1. The minimum absolute atomic E-state index is 0.0615. The van der Waals surface area contributed by atoms with Gasteiger partial charge in [0.25, 0.3) is 5.91 Å². The van der Waals surface area contributed by atoms with Gasteiger partial charge in [0.15, 0.2) is 17.3 Å². The summed E-state index contributed by atoms with van der Waals surface area (Å²) < 4.78 is 10.7. The van der Waals surface area contributed by atoms with Gasteiger partial charge in [-0.3, -0.25) is 4.79 Å². The van der Waals surface area contributed by atoms with Gasteiger partial charge in [0.2, 0.25) is 18.7 Å². The fourth-order valence-electron chi connectivity index (χ4n) is 3.62. The van der Waals surface area contributed by atoms with Crippen LogP contribution in [0.4, 0.5) is 11.9 Å². The van der Waals surface area contributed by atoms with E-state index in [1.54, 1.807) is 47.4 Å². The predicted octanol–water partition coefficient (Wildman–Crippen LogP) is 1.52. The van der Waals surface area contributed by atoms with E-state index < -0.39 is 0 Å². The molecule has 0 saturated carbocycles. The lowest BCUT2D eigenvalue weighted by Gasteiger charge is -2.34. The van der Waals surface area contributed by atoms with Crippen LogP contribution in [-0.4, -0.2) is 63.8 Å². The number of anilines is 2. The molecule has 3 heterocycles. The van der Waals surface area contributed by atoms with Crippen molar-refractivity contribution < 1.29 is 19.4 Å². The summed E-state index contributed by atoms with van der Waals surface area (Å²) in [7, 11) is 0. The number of nitrogen functional groups attached to an aromatic ring is 1. The number of piperazine rings is 1. The van der Waals surface area contributed by atoms with Crippen molar-refractivity contribution in [2.75, 3.05) is 43.6 Å². The number of amides is 1. The van der Waals surface area contributed by atoms with Crippen molar-refractivity contribution >= 4 is 17.8 Å². The number of rotatable bonds is 3. The van der Waals surface area contributed by atoms with Gasteiger partial charge in [-0.2, -0.15) is 15.0 Å². The van der Waals surface area contributed by atoms with Crippen LogP contribution in [-0.2, 0) is 0 Å². The maximum Gasteiger partial charge on any atom is 0.254 e. The number of phenolic OH excluding ortho intramolecular Hbond substituents is 1. The SMILES string of the molecule is Nc1nc(-c2cccc(O)c2)nc(N2CCN(C(=O)c3ccc4c(c3)OCO4)CC2)n1. The molecule has 1 fully saturated rings. The van der Waals surface area contributed by atoms with Gasteiger partial charge < -0.3 is 30.1 Å². The van der Waals surface area contributed by atoms with E-state index in [0.717, 1.165) is 0 Å². The van der Waals surface area contributed by atoms with Crippen molar-refractivity contribution in [3.8, 4) is 28.6 Å². The number of nitrogens with zero attached hydrogens (tertiary/aromatic N) is 5. The topological polar surface area (TPSA) is 127 Å². The van der Waals surface area contributed by atoms with Crippen LogP contribution >= 0.6 is 0 Å². The summed E-state index contributed by atoms with van der Waals surface area (Å²) >= 11 is 0. The number of hydrogen-bond acceptors (Lipinski definition) is 9. The Balaban J connectivity index is 1.30. The molecule has 0 bridgehead atoms. The van der Waals surface area contributed by atoms with Gasteiger partial charge >= 0.3 is 0 Å². The van der Waals surface area contributed by atoms with Crippen LogP contribution in [0.5, 0.6) is 17.2 Å². The zero-order valence-electron chi connectivity index (χ0n) is 16.6. The van der Waals surface area contributed by atoms with Crippen LogP contribution < -0.4 is 20.1 Å². The second kappa shape index (κ2) is 7.63. The highest BCUT2D eigenvalue weighted by Crippen LogP contribution is 2.33. The molecule has 2 aliphatic rings. The first-order chi connectivity index (χ1) is 15.1. The van der Waals surface area contributed by atoms with Gasteiger partial charge in [0.1, 0.15) is 5.75 Å². The first-order valence-corrected chi connectivity index (χ1v) is 9.82. The fraction of sp³-hybridized carbons (Fsp3) is 0.238. The average Bonchev–Trinajstić information content (AvgIpc) is 3.26. The molecule has 3 aromatic rings. The third-order valence-electron chi connectivity index (χ3n) is 5.21. The Bertz CT molecular complexity index is 1150. The monoisotopic (exact) mass is 420 g/mol. The lowest BCUT2D eigenvalue weighted by Crippen LogP contribution is -2.49. The van der Waals surface area contributed by atoms with E-state index >= 15 is 0 Å². The highest BCUT2D eigenvalue weighted by Gasteiger charge is 2.26. The van der Waals surface area contributed by atoms with Gasteiger partial charge in [0.05, 0.1) is 0 Å². The predicted molar refractivity (Wildman–Crippen MR) is 112 cm³/mol. The van der Waals surface area contributed by atoms with Crippen LogP contribution in [0.1, 0.15) is 10.4 Å². The van der Waals surface area contributed by atoms with Gasteiger partial charge in [-0.1, -0.05) is 12.1 Å². The summed E-state index contributed by atoms with van der Waals surface area (Å²) in [6.07, 6.45) is 0. The zero-order valence-corrected chi connectivity index (χ0v) is 16.6. The van der Waals surface area contributed by atoms with Crippen molar-refractivity contribution in [1.29, 1.82) is 0 Å². The number of carbonyl (C=O) groups is 1. The number of nitrogens with two attached hydrogens (primary N) is 1. The number of ether oxygens (including phenoxy) is 2. The highest BCUT2D eigenvalue weighted by atomic mass is 16.7.